The first-order valence-corrected chi connectivity index (χ1v) is 5.21. The molecule has 1 aliphatic heterocycles. The van der Waals surface area contributed by atoms with Crippen molar-refractivity contribution in [3.8, 4) is 0 Å². The molecule has 16 heavy (non-hydrogen) atoms. The fourth-order valence-corrected chi connectivity index (χ4v) is 1.73. The largest absolute Gasteiger partial charge is 0.399 e. The molecule has 1 heterocycles. The van der Waals surface area contributed by atoms with E-state index in [0.29, 0.717) is 12.1 Å². The Morgan fingerprint density at radius 3 is 2.75 bits per heavy atom. The monoisotopic (exact) mass is 221 g/mol. The van der Waals surface area contributed by atoms with Crippen LogP contribution >= 0.6 is 0 Å². The molecule has 5 nitrogen and oxygen atoms in total. The number of piperazine rings is 1. The Balaban J connectivity index is 2.02. The lowest BCUT2D eigenvalue weighted by Crippen LogP contribution is -2.59. The van der Waals surface area contributed by atoms with Gasteiger partial charge in [0.15, 0.2) is 0 Å². The van der Waals surface area contributed by atoms with Crippen molar-refractivity contribution < 1.29 is 9.90 Å². The van der Waals surface area contributed by atoms with E-state index in [1.807, 2.05) is 12.1 Å². The van der Waals surface area contributed by atoms with E-state index >= 15 is 0 Å². The third kappa shape index (κ3) is 2.50. The predicted octanol–water partition coefficient (Wildman–Crippen LogP) is -0.782. The summed E-state index contributed by atoms with van der Waals surface area (Å²) in [6.45, 7) is 0.261. The third-order valence-corrected chi connectivity index (χ3v) is 2.60. The predicted molar refractivity (Wildman–Crippen MR) is 60.5 cm³/mol. The van der Waals surface area contributed by atoms with Crippen molar-refractivity contribution in [2.45, 2.75) is 18.7 Å². The van der Waals surface area contributed by atoms with Crippen LogP contribution in [0, 0.1) is 0 Å². The molecule has 5 N–H and O–H groups in total. The molecule has 1 fully saturated rings. The van der Waals surface area contributed by atoms with Gasteiger partial charge in [-0.15, -0.1) is 0 Å². The van der Waals surface area contributed by atoms with Gasteiger partial charge in [0.25, 0.3) is 0 Å². The van der Waals surface area contributed by atoms with Crippen molar-refractivity contribution in [1.82, 2.24) is 10.6 Å². The van der Waals surface area contributed by atoms with Gasteiger partial charge in [0.2, 0.25) is 5.91 Å². The van der Waals surface area contributed by atoms with Gasteiger partial charge in [0.1, 0.15) is 6.23 Å². The molecular formula is C11H15N3O2. The number of carbonyl (C=O) groups excluding carboxylic acids is 1. The average molecular weight is 221 g/mol. The Bertz CT molecular complexity index is 377. The zero-order valence-corrected chi connectivity index (χ0v) is 8.81. The summed E-state index contributed by atoms with van der Waals surface area (Å²) in [5.74, 6) is -0.0814. The minimum Gasteiger partial charge on any atom is -0.399 e. The lowest BCUT2D eigenvalue weighted by atomic mass is 10.0. The number of nitrogens with one attached hydrogen (secondary N) is 2. The molecule has 1 saturated heterocycles. The van der Waals surface area contributed by atoms with Gasteiger partial charge in [-0.1, -0.05) is 12.1 Å². The van der Waals surface area contributed by atoms with Crippen molar-refractivity contribution in [2.75, 3.05) is 12.3 Å². The number of carbonyl (C=O) groups is 1. The summed E-state index contributed by atoms with van der Waals surface area (Å²) < 4.78 is 0. The molecule has 0 bridgehead atoms. The molecule has 86 valence electrons. The van der Waals surface area contributed by atoms with Gasteiger partial charge in [-0.05, 0) is 24.1 Å². The molecule has 2 atom stereocenters. The van der Waals surface area contributed by atoms with Crippen molar-refractivity contribution in [3.63, 3.8) is 0 Å². The van der Waals surface area contributed by atoms with Crippen LogP contribution in [-0.4, -0.2) is 29.8 Å². The maximum atomic E-state index is 11.5. The summed E-state index contributed by atoms with van der Waals surface area (Å²) >= 11 is 0. The van der Waals surface area contributed by atoms with Crippen LogP contribution in [0.2, 0.25) is 0 Å². The standard InChI is InChI=1S/C11H15N3O2/c12-8-3-1-7(2-4-8)5-9-11(16)13-6-10(15)14-9/h1-4,9-10,14-15H,5-6,12H2,(H,13,16). The molecule has 2 unspecified atom stereocenters. The number of aliphatic hydroxyl groups is 1. The second kappa shape index (κ2) is 4.51. The summed E-state index contributed by atoms with van der Waals surface area (Å²) in [5, 5.41) is 14.9. The lowest BCUT2D eigenvalue weighted by Gasteiger charge is -2.27. The summed E-state index contributed by atoms with van der Waals surface area (Å²) in [6, 6.07) is 6.97. The number of nitrogens with two attached hydrogens (primary N) is 1. The van der Waals surface area contributed by atoms with Crippen LogP contribution < -0.4 is 16.4 Å². The van der Waals surface area contributed by atoms with Crippen molar-refractivity contribution in [1.29, 1.82) is 0 Å². The van der Waals surface area contributed by atoms with Crippen molar-refractivity contribution in [3.05, 3.63) is 29.8 Å². The van der Waals surface area contributed by atoms with Gasteiger partial charge in [0, 0.05) is 5.69 Å². The van der Waals surface area contributed by atoms with Crippen molar-refractivity contribution >= 4 is 11.6 Å². The molecule has 0 spiro atoms. The number of hydrogen-bond donors (Lipinski definition) is 4. The van der Waals surface area contributed by atoms with E-state index in [4.69, 9.17) is 5.73 Å². The second-order valence-corrected chi connectivity index (χ2v) is 3.93. The third-order valence-electron chi connectivity index (χ3n) is 2.60. The molecule has 1 aromatic carbocycles. The van der Waals surface area contributed by atoms with Crippen LogP contribution in [0.3, 0.4) is 0 Å². The van der Waals surface area contributed by atoms with E-state index in [1.54, 1.807) is 12.1 Å². The van der Waals surface area contributed by atoms with E-state index in [-0.39, 0.29) is 18.5 Å². The molecule has 1 amide bonds. The molecule has 0 aromatic heterocycles. The molecule has 1 aromatic rings. The molecule has 0 radical (unpaired) electrons. The fourth-order valence-electron chi connectivity index (χ4n) is 1.73. The average Bonchev–Trinajstić information content (AvgIpc) is 2.27. The molecule has 0 saturated carbocycles. The quantitative estimate of drug-likeness (QED) is 0.493. The summed E-state index contributed by atoms with van der Waals surface area (Å²) in [6.07, 6.45) is -0.125. The normalized spacial score (nSPS) is 25.2. The maximum Gasteiger partial charge on any atom is 0.237 e. The van der Waals surface area contributed by atoms with Crippen LogP contribution in [0.25, 0.3) is 0 Å². The van der Waals surface area contributed by atoms with Gasteiger partial charge in [-0.3, -0.25) is 10.1 Å². The van der Waals surface area contributed by atoms with E-state index < -0.39 is 6.23 Å². The summed E-state index contributed by atoms with van der Waals surface area (Å²) in [4.78, 5) is 11.5. The van der Waals surface area contributed by atoms with Crippen LogP contribution in [0.15, 0.2) is 24.3 Å². The number of nitrogen functional groups attached to an aromatic ring is 1. The highest BCUT2D eigenvalue weighted by Crippen LogP contribution is 2.09. The second-order valence-electron chi connectivity index (χ2n) is 3.93. The Morgan fingerprint density at radius 1 is 1.38 bits per heavy atom. The molecule has 0 aliphatic carbocycles. The highest BCUT2D eigenvalue weighted by molar-refractivity contribution is 5.82. The zero-order chi connectivity index (χ0) is 11.5. The number of β-amino-alcohol motifs (C(OH)–C–C–N with tert-alkyl or cyclic N) is 1. The van der Waals surface area contributed by atoms with Crippen LogP contribution in [0.5, 0.6) is 0 Å². The first-order valence-electron chi connectivity index (χ1n) is 5.21. The minimum absolute atomic E-state index is 0.0814. The Hall–Kier alpha value is -1.59. The van der Waals surface area contributed by atoms with Gasteiger partial charge in [-0.2, -0.15) is 0 Å². The number of aliphatic hydroxyl groups excluding tert-OH is 1. The summed E-state index contributed by atoms with van der Waals surface area (Å²) in [5.41, 5.74) is 7.28. The minimum atomic E-state index is -0.670. The lowest BCUT2D eigenvalue weighted by molar-refractivity contribution is -0.127. The van der Waals surface area contributed by atoms with Gasteiger partial charge >= 0.3 is 0 Å². The molecule has 2 rings (SSSR count). The maximum absolute atomic E-state index is 11.5. The number of amides is 1. The number of anilines is 1. The van der Waals surface area contributed by atoms with E-state index in [0.717, 1.165) is 5.56 Å². The first-order chi connectivity index (χ1) is 7.65. The smallest absolute Gasteiger partial charge is 0.237 e. The van der Waals surface area contributed by atoms with Crippen molar-refractivity contribution in [2.24, 2.45) is 0 Å². The Kier molecular flexibility index (Phi) is 3.07. The zero-order valence-electron chi connectivity index (χ0n) is 8.81. The SMILES string of the molecule is Nc1ccc(CC2NC(O)CNC2=O)cc1. The number of rotatable bonds is 2. The van der Waals surface area contributed by atoms with E-state index in [2.05, 4.69) is 10.6 Å². The summed E-state index contributed by atoms with van der Waals surface area (Å²) in [7, 11) is 0. The molecular weight excluding hydrogens is 206 g/mol. The highest BCUT2D eigenvalue weighted by Gasteiger charge is 2.26. The topological polar surface area (TPSA) is 87.4 Å². The van der Waals surface area contributed by atoms with Gasteiger partial charge < -0.3 is 16.2 Å². The van der Waals surface area contributed by atoms with Crippen LogP contribution in [0.1, 0.15) is 5.56 Å². The first kappa shape index (κ1) is 10.9. The highest BCUT2D eigenvalue weighted by atomic mass is 16.3. The van der Waals surface area contributed by atoms with E-state index in [9.17, 15) is 9.90 Å². The van der Waals surface area contributed by atoms with Gasteiger partial charge in [0.05, 0.1) is 12.6 Å². The number of hydrogen-bond acceptors (Lipinski definition) is 4. The van der Waals surface area contributed by atoms with Crippen LogP contribution in [0.4, 0.5) is 5.69 Å². The Labute approximate surface area is 93.6 Å². The fraction of sp³-hybridized carbons (Fsp3) is 0.364. The van der Waals surface area contributed by atoms with E-state index in [1.165, 1.54) is 0 Å². The van der Waals surface area contributed by atoms with Gasteiger partial charge in [-0.25, -0.2) is 0 Å². The number of benzene rings is 1. The van der Waals surface area contributed by atoms with Crippen LogP contribution in [-0.2, 0) is 11.2 Å². The Morgan fingerprint density at radius 2 is 2.06 bits per heavy atom. The molecule has 1 aliphatic rings. The molecule has 5 heteroatoms.